The summed E-state index contributed by atoms with van der Waals surface area (Å²) in [6, 6.07) is -0.650. The van der Waals surface area contributed by atoms with Crippen molar-refractivity contribution in [2.24, 2.45) is 5.92 Å². The van der Waals surface area contributed by atoms with E-state index in [4.69, 9.17) is 0 Å². The molecule has 0 aromatic carbocycles. The number of hydrogen-bond donors (Lipinski definition) is 0. The number of fused-ring (bicyclic) bond motifs is 1. The van der Waals surface area contributed by atoms with Crippen LogP contribution < -0.4 is 0 Å². The Kier molecular flexibility index (Phi) is 3.59. The zero-order valence-corrected chi connectivity index (χ0v) is 12.3. The Balaban J connectivity index is 2.40. The van der Waals surface area contributed by atoms with Crippen LogP contribution in [0.25, 0.3) is 0 Å². The van der Waals surface area contributed by atoms with Crippen LogP contribution in [0.4, 0.5) is 0 Å². The second-order valence-electron chi connectivity index (χ2n) is 5.35. The lowest BCUT2D eigenvalue weighted by Gasteiger charge is -2.26. The molecule has 0 radical (unpaired) electrons. The summed E-state index contributed by atoms with van der Waals surface area (Å²) in [6.45, 7) is 3.96. The summed E-state index contributed by atoms with van der Waals surface area (Å²) in [5.41, 5.74) is 0. The van der Waals surface area contributed by atoms with Crippen molar-refractivity contribution >= 4 is 21.8 Å². The number of sulfonamides is 1. The van der Waals surface area contributed by atoms with Gasteiger partial charge in [-0.1, -0.05) is 13.3 Å². The van der Waals surface area contributed by atoms with Gasteiger partial charge in [0.25, 0.3) is 0 Å². The van der Waals surface area contributed by atoms with Gasteiger partial charge >= 0.3 is 0 Å². The lowest BCUT2D eigenvalue weighted by molar-refractivity contribution is -0.132. The molecule has 0 spiro atoms. The van der Waals surface area contributed by atoms with E-state index in [1.165, 1.54) is 6.92 Å². The molecule has 2 saturated heterocycles. The lowest BCUT2D eigenvalue weighted by Crippen LogP contribution is -2.42. The van der Waals surface area contributed by atoms with Crippen molar-refractivity contribution in [3.05, 3.63) is 0 Å². The largest absolute Gasteiger partial charge is 0.337 e. The normalized spacial score (nSPS) is 30.9. The molecule has 0 N–H and O–H groups in total. The highest BCUT2D eigenvalue weighted by atomic mass is 32.2. The van der Waals surface area contributed by atoms with Crippen molar-refractivity contribution < 1.29 is 18.0 Å². The molecule has 2 heterocycles. The van der Waals surface area contributed by atoms with Crippen LogP contribution in [0.5, 0.6) is 0 Å². The first-order valence-electron chi connectivity index (χ1n) is 6.59. The summed E-state index contributed by atoms with van der Waals surface area (Å²) in [5.74, 6) is -0.807. The summed E-state index contributed by atoms with van der Waals surface area (Å²) in [7, 11) is -3.56. The minimum absolute atomic E-state index is 0.0863. The highest BCUT2D eigenvalue weighted by molar-refractivity contribution is 7.88. The molecule has 0 unspecified atom stereocenters. The van der Waals surface area contributed by atoms with Crippen LogP contribution in [0.3, 0.4) is 0 Å². The molecule has 2 amide bonds. The first-order valence-corrected chi connectivity index (χ1v) is 8.44. The van der Waals surface area contributed by atoms with Gasteiger partial charge in [-0.05, 0) is 12.8 Å². The summed E-state index contributed by atoms with van der Waals surface area (Å²) in [4.78, 5) is 25.6. The number of amides is 2. The predicted molar refractivity (Wildman–Crippen MR) is 69.7 cm³/mol. The van der Waals surface area contributed by atoms with Gasteiger partial charge in [-0.3, -0.25) is 9.59 Å². The van der Waals surface area contributed by atoms with Gasteiger partial charge in [0.15, 0.2) is 0 Å². The topological polar surface area (TPSA) is 74.8 Å². The summed E-state index contributed by atoms with van der Waals surface area (Å²) < 4.78 is 24.6. The summed E-state index contributed by atoms with van der Waals surface area (Å²) in [5, 5.41) is 0. The smallest absolute Gasteiger partial charge is 0.241 e. The van der Waals surface area contributed by atoms with Crippen LogP contribution in [-0.2, 0) is 19.6 Å². The Hall–Kier alpha value is -1.11. The number of carbonyl (C=O) groups is 2. The average molecular weight is 288 g/mol. The number of likely N-dealkylation sites (tertiary alicyclic amines) is 1. The third kappa shape index (κ3) is 2.24. The average Bonchev–Trinajstić information content (AvgIpc) is 2.77. The van der Waals surface area contributed by atoms with Crippen molar-refractivity contribution in [3.63, 3.8) is 0 Å². The van der Waals surface area contributed by atoms with Gasteiger partial charge in [0.05, 0.1) is 24.3 Å². The van der Waals surface area contributed by atoms with Crippen molar-refractivity contribution in [3.8, 4) is 0 Å². The second kappa shape index (κ2) is 4.77. The van der Waals surface area contributed by atoms with Gasteiger partial charge < -0.3 is 4.90 Å². The maximum Gasteiger partial charge on any atom is 0.241 e. The van der Waals surface area contributed by atoms with E-state index in [0.717, 1.165) is 17.0 Å². The molecule has 0 saturated carbocycles. The van der Waals surface area contributed by atoms with Gasteiger partial charge in [0.2, 0.25) is 21.8 Å². The number of carbonyl (C=O) groups excluding carboxylic acids is 2. The quantitative estimate of drug-likeness (QED) is 0.743. The molecule has 2 fully saturated rings. The van der Waals surface area contributed by atoms with Crippen molar-refractivity contribution in [2.75, 3.05) is 12.8 Å². The molecule has 2 rings (SSSR count). The van der Waals surface area contributed by atoms with Crippen molar-refractivity contribution in [1.82, 2.24) is 9.21 Å². The van der Waals surface area contributed by atoms with Crippen molar-refractivity contribution in [2.45, 2.75) is 45.2 Å². The molecular weight excluding hydrogens is 268 g/mol. The molecule has 3 atom stereocenters. The van der Waals surface area contributed by atoms with Crippen LogP contribution in [0.1, 0.15) is 33.1 Å². The van der Waals surface area contributed by atoms with E-state index in [9.17, 15) is 18.0 Å². The SMILES string of the molecule is CCC[C@H]1C(=O)N(S(C)(=O)=O)[C@H]2CCN(C(C)=O)[C@H]12. The fourth-order valence-corrected chi connectivity index (χ4v) is 4.58. The third-order valence-corrected chi connectivity index (χ3v) is 5.19. The van der Waals surface area contributed by atoms with Crippen LogP contribution >= 0.6 is 0 Å². The van der Waals surface area contributed by atoms with Gasteiger partial charge in [-0.25, -0.2) is 12.7 Å². The van der Waals surface area contributed by atoms with Gasteiger partial charge in [0, 0.05) is 13.5 Å². The number of nitrogens with zero attached hydrogens (tertiary/aromatic N) is 2. The Labute approximate surface area is 113 Å². The van der Waals surface area contributed by atoms with Gasteiger partial charge in [-0.15, -0.1) is 0 Å². The molecule has 19 heavy (non-hydrogen) atoms. The molecule has 2 aliphatic rings. The van der Waals surface area contributed by atoms with Gasteiger partial charge in [0.1, 0.15) is 0 Å². The fourth-order valence-electron chi connectivity index (χ4n) is 3.40. The minimum atomic E-state index is -3.56. The van der Waals surface area contributed by atoms with E-state index in [1.807, 2.05) is 6.92 Å². The van der Waals surface area contributed by atoms with Crippen LogP contribution in [0, 0.1) is 5.92 Å². The Bertz CT molecular complexity index is 502. The Morgan fingerprint density at radius 1 is 1.42 bits per heavy atom. The standard InChI is InChI=1S/C12H20N2O4S/c1-4-5-9-11-10(6-7-13(11)8(2)15)14(12(9)16)19(3,17)18/h9-11H,4-7H2,1-3H3/t9-,10+,11-/m1/s1. The third-order valence-electron chi connectivity index (χ3n) is 4.03. The molecule has 108 valence electrons. The molecule has 7 heteroatoms. The van der Waals surface area contributed by atoms with E-state index < -0.39 is 10.0 Å². The summed E-state index contributed by atoms with van der Waals surface area (Å²) in [6.07, 6.45) is 3.02. The van der Waals surface area contributed by atoms with E-state index >= 15 is 0 Å². The molecule has 0 aliphatic carbocycles. The Morgan fingerprint density at radius 3 is 2.53 bits per heavy atom. The molecule has 0 bridgehead atoms. The van der Waals surface area contributed by atoms with Crippen LogP contribution in [0.2, 0.25) is 0 Å². The molecule has 2 aliphatic heterocycles. The highest BCUT2D eigenvalue weighted by Crippen LogP contribution is 2.39. The zero-order chi connectivity index (χ0) is 14.4. The monoisotopic (exact) mass is 288 g/mol. The molecule has 0 aromatic heterocycles. The van der Waals surface area contributed by atoms with Gasteiger partial charge in [-0.2, -0.15) is 0 Å². The molecular formula is C12H20N2O4S. The number of hydrogen-bond acceptors (Lipinski definition) is 4. The maximum absolute atomic E-state index is 12.3. The predicted octanol–water partition coefficient (Wildman–Crippen LogP) is 0.194. The minimum Gasteiger partial charge on any atom is -0.337 e. The van der Waals surface area contributed by atoms with E-state index in [0.29, 0.717) is 19.4 Å². The zero-order valence-electron chi connectivity index (χ0n) is 11.5. The maximum atomic E-state index is 12.3. The first-order chi connectivity index (χ1) is 8.79. The van der Waals surface area contributed by atoms with E-state index in [2.05, 4.69) is 0 Å². The summed E-state index contributed by atoms with van der Waals surface area (Å²) >= 11 is 0. The van der Waals surface area contributed by atoms with Crippen molar-refractivity contribution in [1.29, 1.82) is 0 Å². The molecule has 6 nitrogen and oxygen atoms in total. The lowest BCUT2D eigenvalue weighted by atomic mass is 9.94. The van der Waals surface area contributed by atoms with Crippen LogP contribution in [0.15, 0.2) is 0 Å². The fraction of sp³-hybridized carbons (Fsp3) is 0.833. The molecule has 0 aromatic rings. The second-order valence-corrected chi connectivity index (χ2v) is 7.21. The Morgan fingerprint density at radius 2 is 2.05 bits per heavy atom. The van der Waals surface area contributed by atoms with E-state index in [-0.39, 0.29) is 29.8 Å². The van der Waals surface area contributed by atoms with E-state index in [1.54, 1.807) is 4.90 Å². The number of rotatable bonds is 3. The first kappa shape index (κ1) is 14.3. The highest BCUT2D eigenvalue weighted by Gasteiger charge is 2.56. The van der Waals surface area contributed by atoms with Crippen LogP contribution in [-0.4, -0.2) is 54.3 Å².